The number of anilines is 1. The second kappa shape index (κ2) is 6.36. The van der Waals surface area contributed by atoms with Crippen LogP contribution in [-0.4, -0.2) is 28.8 Å². The van der Waals surface area contributed by atoms with Crippen molar-refractivity contribution < 1.29 is 14.3 Å². The predicted molar refractivity (Wildman–Crippen MR) is 85.8 cm³/mol. The Balaban J connectivity index is 1.93. The first kappa shape index (κ1) is 16.3. The molecule has 0 aliphatic heterocycles. The highest BCUT2D eigenvalue weighted by Gasteiger charge is 2.21. The molecule has 0 saturated heterocycles. The standard InChI is InChI=1S/C16H23N3O3/c1-10(20)8-16(3,4)9-17-15(21)19-12-5-6-13-14(7-12)22-11(2)18-13/h5-7,10,20H,8-9H2,1-4H3,(H2,17,19,21)/t10-/m0/s1. The molecule has 1 aromatic heterocycles. The van der Waals surface area contributed by atoms with E-state index in [0.717, 1.165) is 5.52 Å². The van der Waals surface area contributed by atoms with Gasteiger partial charge >= 0.3 is 6.03 Å². The smallest absolute Gasteiger partial charge is 0.319 e. The molecule has 120 valence electrons. The van der Waals surface area contributed by atoms with Crippen molar-refractivity contribution in [2.24, 2.45) is 5.41 Å². The molecule has 0 unspecified atom stereocenters. The molecule has 1 heterocycles. The fourth-order valence-electron chi connectivity index (χ4n) is 2.48. The lowest BCUT2D eigenvalue weighted by molar-refractivity contribution is 0.129. The predicted octanol–water partition coefficient (Wildman–Crippen LogP) is 3.05. The largest absolute Gasteiger partial charge is 0.441 e. The van der Waals surface area contributed by atoms with E-state index in [1.165, 1.54) is 0 Å². The summed E-state index contributed by atoms with van der Waals surface area (Å²) in [6.45, 7) is 8.01. The third-order valence-electron chi connectivity index (χ3n) is 3.33. The summed E-state index contributed by atoms with van der Waals surface area (Å²) < 4.78 is 5.44. The van der Waals surface area contributed by atoms with E-state index in [-0.39, 0.29) is 11.4 Å². The number of benzene rings is 1. The van der Waals surface area contributed by atoms with Crippen LogP contribution in [-0.2, 0) is 0 Å². The fourth-order valence-corrected chi connectivity index (χ4v) is 2.48. The first-order valence-corrected chi connectivity index (χ1v) is 7.35. The summed E-state index contributed by atoms with van der Waals surface area (Å²) in [6, 6.07) is 5.05. The van der Waals surface area contributed by atoms with Crippen LogP contribution in [0.25, 0.3) is 11.1 Å². The molecule has 0 aliphatic carbocycles. The van der Waals surface area contributed by atoms with Crippen molar-refractivity contribution in [2.45, 2.75) is 40.2 Å². The molecular weight excluding hydrogens is 282 g/mol. The van der Waals surface area contributed by atoms with Gasteiger partial charge in [-0.25, -0.2) is 9.78 Å². The average Bonchev–Trinajstić information content (AvgIpc) is 2.74. The molecule has 3 N–H and O–H groups in total. The van der Waals surface area contributed by atoms with Gasteiger partial charge in [0, 0.05) is 25.2 Å². The van der Waals surface area contributed by atoms with Crippen LogP contribution in [0.3, 0.4) is 0 Å². The van der Waals surface area contributed by atoms with Gasteiger partial charge in [-0.1, -0.05) is 13.8 Å². The van der Waals surface area contributed by atoms with Crippen molar-refractivity contribution >= 4 is 22.8 Å². The van der Waals surface area contributed by atoms with Crippen molar-refractivity contribution in [2.75, 3.05) is 11.9 Å². The van der Waals surface area contributed by atoms with Crippen LogP contribution in [0.1, 0.15) is 33.1 Å². The number of aromatic nitrogens is 1. The van der Waals surface area contributed by atoms with Gasteiger partial charge in [0.05, 0.1) is 6.10 Å². The van der Waals surface area contributed by atoms with Gasteiger partial charge in [-0.15, -0.1) is 0 Å². The second-order valence-electron chi connectivity index (χ2n) is 6.44. The number of urea groups is 1. The Bertz CT molecular complexity index is 662. The zero-order valence-corrected chi connectivity index (χ0v) is 13.4. The molecule has 2 rings (SSSR count). The van der Waals surface area contributed by atoms with Crippen LogP contribution in [0.15, 0.2) is 22.6 Å². The van der Waals surface area contributed by atoms with Crippen molar-refractivity contribution in [3.8, 4) is 0 Å². The number of aryl methyl sites for hydroxylation is 1. The maximum absolute atomic E-state index is 12.0. The van der Waals surface area contributed by atoms with E-state index < -0.39 is 6.10 Å². The molecule has 22 heavy (non-hydrogen) atoms. The molecule has 0 spiro atoms. The molecule has 0 bridgehead atoms. The molecule has 6 heteroatoms. The fraction of sp³-hybridized carbons (Fsp3) is 0.500. The minimum Gasteiger partial charge on any atom is -0.441 e. The molecule has 0 aliphatic rings. The van der Waals surface area contributed by atoms with Gasteiger partial charge in [0.25, 0.3) is 0 Å². The number of aliphatic hydroxyl groups is 1. The molecule has 0 saturated carbocycles. The third kappa shape index (κ3) is 4.46. The van der Waals surface area contributed by atoms with Crippen LogP contribution in [0.5, 0.6) is 0 Å². The third-order valence-corrected chi connectivity index (χ3v) is 3.33. The number of rotatable bonds is 5. The van der Waals surface area contributed by atoms with Crippen LogP contribution >= 0.6 is 0 Å². The molecule has 0 fully saturated rings. The molecule has 1 atom stereocenters. The Hall–Kier alpha value is -2.08. The van der Waals surface area contributed by atoms with Crippen molar-refractivity contribution in [1.82, 2.24) is 10.3 Å². The van der Waals surface area contributed by atoms with E-state index in [1.807, 2.05) is 13.8 Å². The van der Waals surface area contributed by atoms with Crippen molar-refractivity contribution in [3.05, 3.63) is 24.1 Å². The lowest BCUT2D eigenvalue weighted by Crippen LogP contribution is -2.38. The molecule has 6 nitrogen and oxygen atoms in total. The quantitative estimate of drug-likeness (QED) is 0.792. The maximum Gasteiger partial charge on any atom is 0.319 e. The van der Waals surface area contributed by atoms with Gasteiger partial charge in [-0.3, -0.25) is 0 Å². The summed E-state index contributed by atoms with van der Waals surface area (Å²) in [5.41, 5.74) is 1.89. The second-order valence-corrected chi connectivity index (χ2v) is 6.44. The van der Waals surface area contributed by atoms with Gasteiger partial charge in [-0.2, -0.15) is 0 Å². The van der Waals surface area contributed by atoms with Crippen LogP contribution in [0.2, 0.25) is 0 Å². The van der Waals surface area contributed by atoms with Gasteiger partial charge in [-0.05, 0) is 30.9 Å². The summed E-state index contributed by atoms with van der Waals surface area (Å²) >= 11 is 0. The Labute approximate surface area is 129 Å². The summed E-state index contributed by atoms with van der Waals surface area (Å²) in [5.74, 6) is 0.594. The highest BCUT2D eigenvalue weighted by Crippen LogP contribution is 2.22. The number of hydrogen-bond acceptors (Lipinski definition) is 4. The number of hydrogen-bond donors (Lipinski definition) is 3. The highest BCUT2D eigenvalue weighted by atomic mass is 16.3. The zero-order valence-electron chi connectivity index (χ0n) is 13.4. The molecule has 2 aromatic rings. The van der Waals surface area contributed by atoms with Gasteiger partial charge in [0.15, 0.2) is 11.5 Å². The Kier molecular flexibility index (Phi) is 4.71. The van der Waals surface area contributed by atoms with E-state index in [4.69, 9.17) is 4.42 Å². The minimum absolute atomic E-state index is 0.169. The normalized spacial score (nSPS) is 13.1. The summed E-state index contributed by atoms with van der Waals surface area (Å²) in [6.07, 6.45) is 0.230. The zero-order chi connectivity index (χ0) is 16.3. The number of nitrogens with zero attached hydrogens (tertiary/aromatic N) is 1. The van der Waals surface area contributed by atoms with E-state index in [9.17, 15) is 9.90 Å². The number of nitrogens with one attached hydrogen (secondary N) is 2. The first-order valence-electron chi connectivity index (χ1n) is 7.35. The summed E-state index contributed by atoms with van der Waals surface area (Å²) in [4.78, 5) is 16.2. The van der Waals surface area contributed by atoms with Gasteiger partial charge < -0.3 is 20.2 Å². The first-order chi connectivity index (χ1) is 10.2. The van der Waals surface area contributed by atoms with Crippen molar-refractivity contribution in [1.29, 1.82) is 0 Å². The van der Waals surface area contributed by atoms with E-state index in [0.29, 0.717) is 30.1 Å². The monoisotopic (exact) mass is 305 g/mol. The number of fused-ring (bicyclic) bond motifs is 1. The number of carbonyl (C=O) groups is 1. The lowest BCUT2D eigenvalue weighted by atomic mass is 9.87. The average molecular weight is 305 g/mol. The Morgan fingerprint density at radius 1 is 1.45 bits per heavy atom. The number of carbonyl (C=O) groups excluding carboxylic acids is 1. The molecule has 0 radical (unpaired) electrons. The summed E-state index contributed by atoms with van der Waals surface area (Å²) in [7, 11) is 0. The van der Waals surface area contributed by atoms with Crippen molar-refractivity contribution in [3.63, 3.8) is 0 Å². The topological polar surface area (TPSA) is 87.4 Å². The molecule has 1 aromatic carbocycles. The van der Waals surface area contributed by atoms with Crippen LogP contribution in [0.4, 0.5) is 10.5 Å². The lowest BCUT2D eigenvalue weighted by Gasteiger charge is -2.26. The SMILES string of the molecule is Cc1nc2ccc(NC(=O)NCC(C)(C)C[C@H](C)O)cc2o1. The molecular formula is C16H23N3O3. The van der Waals surface area contributed by atoms with Crippen LogP contribution < -0.4 is 10.6 Å². The Morgan fingerprint density at radius 3 is 2.86 bits per heavy atom. The van der Waals surface area contributed by atoms with Gasteiger partial charge in [0.2, 0.25) is 0 Å². The number of aliphatic hydroxyl groups excluding tert-OH is 1. The summed E-state index contributed by atoms with van der Waals surface area (Å²) in [5, 5.41) is 15.0. The van der Waals surface area contributed by atoms with E-state index in [2.05, 4.69) is 15.6 Å². The van der Waals surface area contributed by atoms with E-state index >= 15 is 0 Å². The molecule has 2 amide bonds. The number of amides is 2. The number of oxazole rings is 1. The minimum atomic E-state index is -0.392. The Morgan fingerprint density at radius 2 is 2.18 bits per heavy atom. The van der Waals surface area contributed by atoms with Gasteiger partial charge in [0.1, 0.15) is 5.52 Å². The van der Waals surface area contributed by atoms with E-state index in [1.54, 1.807) is 32.0 Å². The maximum atomic E-state index is 12.0. The highest BCUT2D eigenvalue weighted by molar-refractivity contribution is 5.91. The van der Waals surface area contributed by atoms with Crippen LogP contribution in [0, 0.1) is 12.3 Å².